The van der Waals surface area contributed by atoms with Gasteiger partial charge in [0.2, 0.25) is 0 Å². The zero-order chi connectivity index (χ0) is 48.6. The molecular formula is C61H112O6. The number of esters is 3. The third-order valence-electron chi connectivity index (χ3n) is 13.1. The summed E-state index contributed by atoms with van der Waals surface area (Å²) in [4.78, 5) is 38.1. The molecule has 1 unspecified atom stereocenters. The van der Waals surface area contributed by atoms with E-state index in [2.05, 4.69) is 57.2 Å². The smallest absolute Gasteiger partial charge is 0.306 e. The minimum atomic E-state index is -0.768. The molecule has 0 N–H and O–H groups in total. The lowest BCUT2D eigenvalue weighted by atomic mass is 10.0. The minimum Gasteiger partial charge on any atom is -0.462 e. The molecule has 0 saturated heterocycles. The number of carbonyl (C=O) groups is 3. The van der Waals surface area contributed by atoms with Crippen LogP contribution < -0.4 is 0 Å². The molecule has 0 fully saturated rings. The maximum atomic E-state index is 12.8. The van der Waals surface area contributed by atoms with Crippen LogP contribution in [-0.2, 0) is 28.6 Å². The van der Waals surface area contributed by atoms with Crippen molar-refractivity contribution in [3.63, 3.8) is 0 Å². The summed E-state index contributed by atoms with van der Waals surface area (Å²) < 4.78 is 16.8. The second-order valence-corrected chi connectivity index (χ2v) is 19.9. The van der Waals surface area contributed by atoms with Crippen LogP contribution in [0.25, 0.3) is 0 Å². The third kappa shape index (κ3) is 54.4. The van der Waals surface area contributed by atoms with Gasteiger partial charge in [0.25, 0.3) is 0 Å². The van der Waals surface area contributed by atoms with E-state index in [0.717, 1.165) is 70.6 Å². The number of hydrogen-bond acceptors (Lipinski definition) is 6. The van der Waals surface area contributed by atoms with Crippen LogP contribution in [0.4, 0.5) is 0 Å². The molecule has 67 heavy (non-hydrogen) atoms. The van der Waals surface area contributed by atoms with Gasteiger partial charge in [-0.3, -0.25) is 14.4 Å². The van der Waals surface area contributed by atoms with E-state index in [-0.39, 0.29) is 31.1 Å². The summed E-state index contributed by atoms with van der Waals surface area (Å²) in [5.74, 6) is -0.856. The summed E-state index contributed by atoms with van der Waals surface area (Å²) >= 11 is 0. The maximum absolute atomic E-state index is 12.8. The standard InChI is InChI=1S/C61H112O6/c1-4-7-10-13-16-19-22-24-26-27-28-29-30-31-32-33-34-35-36-38-39-42-45-48-51-54-60(63)66-57-58(56-65-59(62)53-50-47-44-41-21-18-15-12-9-6-3)67-61(64)55-52-49-46-43-40-37-25-23-20-17-14-11-8-5-2/h22,24,27-28,30-31,58H,4-21,23,25-26,29,32-57H2,1-3H3/b24-22-,28-27-,31-30-. The summed E-state index contributed by atoms with van der Waals surface area (Å²) in [5, 5.41) is 0. The average molecular weight is 942 g/mol. The molecule has 0 bridgehead atoms. The highest BCUT2D eigenvalue weighted by molar-refractivity contribution is 5.71. The molecule has 392 valence electrons. The Balaban J connectivity index is 4.20. The van der Waals surface area contributed by atoms with Gasteiger partial charge in [-0.25, -0.2) is 0 Å². The molecule has 0 aliphatic rings. The van der Waals surface area contributed by atoms with Gasteiger partial charge >= 0.3 is 17.9 Å². The molecule has 0 spiro atoms. The summed E-state index contributed by atoms with van der Waals surface area (Å²) in [6, 6.07) is 0. The molecule has 0 saturated carbocycles. The molecule has 6 nitrogen and oxygen atoms in total. The summed E-state index contributed by atoms with van der Waals surface area (Å²) in [5.41, 5.74) is 0. The predicted octanol–water partition coefficient (Wildman–Crippen LogP) is 19.7. The molecule has 0 aliphatic carbocycles. The zero-order valence-electron chi connectivity index (χ0n) is 44.9. The van der Waals surface area contributed by atoms with Crippen LogP contribution in [0.1, 0.15) is 316 Å². The molecule has 0 heterocycles. The van der Waals surface area contributed by atoms with E-state index in [1.165, 1.54) is 205 Å². The Morgan fingerprint density at radius 1 is 0.299 bits per heavy atom. The van der Waals surface area contributed by atoms with E-state index in [4.69, 9.17) is 14.2 Å². The van der Waals surface area contributed by atoms with Crippen molar-refractivity contribution in [1.82, 2.24) is 0 Å². The first-order chi connectivity index (χ1) is 33.0. The summed E-state index contributed by atoms with van der Waals surface area (Å²) in [6.07, 6.45) is 67.1. The van der Waals surface area contributed by atoms with Crippen LogP contribution in [0.5, 0.6) is 0 Å². The monoisotopic (exact) mass is 941 g/mol. The fourth-order valence-electron chi connectivity index (χ4n) is 8.69. The molecule has 0 aromatic heterocycles. The van der Waals surface area contributed by atoms with Gasteiger partial charge in [-0.15, -0.1) is 0 Å². The first-order valence-electron chi connectivity index (χ1n) is 29.5. The van der Waals surface area contributed by atoms with Gasteiger partial charge in [0, 0.05) is 19.3 Å². The van der Waals surface area contributed by atoms with Crippen LogP contribution in [0.3, 0.4) is 0 Å². The molecule has 0 aromatic carbocycles. The first kappa shape index (κ1) is 64.6. The number of carbonyl (C=O) groups excluding carboxylic acids is 3. The average Bonchev–Trinajstić information content (AvgIpc) is 3.33. The first-order valence-corrected chi connectivity index (χ1v) is 29.5. The van der Waals surface area contributed by atoms with Gasteiger partial charge in [0.15, 0.2) is 6.10 Å². The fraction of sp³-hybridized carbons (Fsp3) is 0.852. The SMILES string of the molecule is CCCCCCC/C=C\C/C=C\C/C=C\CCCCCCCCCCCCC(=O)OCC(COC(=O)CCCCCCCCCCCC)OC(=O)CCCCCCCCCCCCCCCC. The normalized spacial score (nSPS) is 12.2. The Kier molecular flexibility index (Phi) is 54.2. The number of allylic oxidation sites excluding steroid dienone is 6. The summed E-state index contributed by atoms with van der Waals surface area (Å²) in [7, 11) is 0. The van der Waals surface area contributed by atoms with Crippen LogP contribution in [0.2, 0.25) is 0 Å². The van der Waals surface area contributed by atoms with Crippen LogP contribution in [0, 0.1) is 0 Å². The van der Waals surface area contributed by atoms with E-state index < -0.39 is 6.10 Å². The van der Waals surface area contributed by atoms with Gasteiger partial charge < -0.3 is 14.2 Å². The predicted molar refractivity (Wildman–Crippen MR) is 289 cm³/mol. The highest BCUT2D eigenvalue weighted by Gasteiger charge is 2.19. The molecule has 0 rings (SSSR count). The van der Waals surface area contributed by atoms with Crippen molar-refractivity contribution in [3.05, 3.63) is 36.5 Å². The van der Waals surface area contributed by atoms with Crippen molar-refractivity contribution in [2.24, 2.45) is 0 Å². The highest BCUT2D eigenvalue weighted by Crippen LogP contribution is 2.17. The van der Waals surface area contributed by atoms with E-state index in [9.17, 15) is 14.4 Å². The van der Waals surface area contributed by atoms with Gasteiger partial charge in [0.1, 0.15) is 13.2 Å². The van der Waals surface area contributed by atoms with E-state index in [1.807, 2.05) is 0 Å². The maximum Gasteiger partial charge on any atom is 0.306 e. The molecule has 0 radical (unpaired) electrons. The minimum absolute atomic E-state index is 0.0684. The van der Waals surface area contributed by atoms with Gasteiger partial charge in [-0.1, -0.05) is 276 Å². The second-order valence-electron chi connectivity index (χ2n) is 19.9. The lowest BCUT2D eigenvalue weighted by Gasteiger charge is -2.18. The van der Waals surface area contributed by atoms with E-state index >= 15 is 0 Å². The molecule has 0 aliphatic heterocycles. The Hall–Kier alpha value is -2.37. The fourth-order valence-corrected chi connectivity index (χ4v) is 8.69. The number of rotatable bonds is 54. The zero-order valence-corrected chi connectivity index (χ0v) is 44.9. The lowest BCUT2D eigenvalue weighted by molar-refractivity contribution is -0.167. The van der Waals surface area contributed by atoms with Crippen molar-refractivity contribution in [2.75, 3.05) is 13.2 Å². The van der Waals surface area contributed by atoms with Crippen LogP contribution in [0.15, 0.2) is 36.5 Å². The quantitative estimate of drug-likeness (QED) is 0.0262. The largest absolute Gasteiger partial charge is 0.462 e. The Morgan fingerprint density at radius 2 is 0.537 bits per heavy atom. The second kappa shape index (κ2) is 56.2. The van der Waals surface area contributed by atoms with Crippen molar-refractivity contribution in [3.8, 4) is 0 Å². The topological polar surface area (TPSA) is 78.9 Å². The van der Waals surface area contributed by atoms with Crippen molar-refractivity contribution >= 4 is 17.9 Å². The number of unbranched alkanes of at least 4 members (excludes halogenated alkanes) is 37. The molecule has 0 aromatic rings. The molecule has 0 amide bonds. The molecule has 1 atom stereocenters. The highest BCUT2D eigenvalue weighted by atomic mass is 16.6. The van der Waals surface area contributed by atoms with E-state index in [0.29, 0.717) is 19.3 Å². The molecule has 6 heteroatoms. The van der Waals surface area contributed by atoms with Gasteiger partial charge in [0.05, 0.1) is 0 Å². The van der Waals surface area contributed by atoms with Crippen LogP contribution >= 0.6 is 0 Å². The van der Waals surface area contributed by atoms with Crippen molar-refractivity contribution < 1.29 is 28.6 Å². The molecular weight excluding hydrogens is 829 g/mol. The Bertz CT molecular complexity index is 1130. The van der Waals surface area contributed by atoms with Crippen molar-refractivity contribution in [1.29, 1.82) is 0 Å². The summed E-state index contributed by atoms with van der Waals surface area (Å²) in [6.45, 7) is 6.65. The van der Waals surface area contributed by atoms with Gasteiger partial charge in [-0.05, 0) is 57.8 Å². The Morgan fingerprint density at radius 3 is 0.836 bits per heavy atom. The van der Waals surface area contributed by atoms with Crippen LogP contribution in [-0.4, -0.2) is 37.2 Å². The lowest BCUT2D eigenvalue weighted by Crippen LogP contribution is -2.30. The third-order valence-corrected chi connectivity index (χ3v) is 13.1. The number of hydrogen-bond donors (Lipinski definition) is 0. The number of ether oxygens (including phenoxy) is 3. The Labute approximate surface area is 416 Å². The van der Waals surface area contributed by atoms with Crippen molar-refractivity contribution in [2.45, 2.75) is 322 Å². The van der Waals surface area contributed by atoms with E-state index in [1.54, 1.807) is 0 Å². The van der Waals surface area contributed by atoms with Gasteiger partial charge in [-0.2, -0.15) is 0 Å².